The van der Waals surface area contributed by atoms with Crippen molar-refractivity contribution >= 4 is 0 Å². The van der Waals surface area contributed by atoms with E-state index in [4.69, 9.17) is 14.2 Å². The normalized spacial score (nSPS) is 17.6. The van der Waals surface area contributed by atoms with Gasteiger partial charge in [-0.25, -0.2) is 4.98 Å². The van der Waals surface area contributed by atoms with E-state index < -0.39 is 0 Å². The number of aromatic nitrogens is 2. The lowest BCUT2D eigenvalue weighted by molar-refractivity contribution is 0.138. The zero-order chi connectivity index (χ0) is 16.1. The van der Waals surface area contributed by atoms with Crippen LogP contribution in [0.25, 0.3) is 11.3 Å². The highest BCUT2D eigenvalue weighted by atomic mass is 16.5. The molecular formula is C18H24N2O3. The van der Waals surface area contributed by atoms with Gasteiger partial charge in [-0.3, -0.25) is 0 Å². The molecule has 1 unspecified atom stereocenters. The lowest BCUT2D eigenvalue weighted by atomic mass is 9.99. The number of methoxy groups -OCH3 is 1. The first-order chi connectivity index (χ1) is 11.3. The van der Waals surface area contributed by atoms with Crippen LogP contribution in [0.3, 0.4) is 0 Å². The van der Waals surface area contributed by atoms with Crippen LogP contribution in [0, 0.1) is 0 Å². The van der Waals surface area contributed by atoms with Crippen molar-refractivity contribution in [3.8, 4) is 17.0 Å². The Labute approximate surface area is 137 Å². The molecule has 2 heterocycles. The molecule has 1 fully saturated rings. The topological polar surface area (TPSA) is 45.5 Å². The summed E-state index contributed by atoms with van der Waals surface area (Å²) in [6.45, 7) is 5.87. The average Bonchev–Trinajstić information content (AvgIpc) is 3.24. The number of nitrogens with zero attached hydrogens (tertiary/aromatic N) is 2. The number of rotatable bonds is 7. The van der Waals surface area contributed by atoms with Crippen LogP contribution in [0.15, 0.2) is 30.6 Å². The SMILES string of the molecule is CCOCCn1cnc(-c2ccc(OC)cc2)c1C1CCOC1. The Morgan fingerprint density at radius 1 is 1.30 bits per heavy atom. The summed E-state index contributed by atoms with van der Waals surface area (Å²) in [5.41, 5.74) is 3.41. The third kappa shape index (κ3) is 3.57. The van der Waals surface area contributed by atoms with Crippen LogP contribution in [0.2, 0.25) is 0 Å². The first-order valence-electron chi connectivity index (χ1n) is 8.18. The molecule has 0 radical (unpaired) electrons. The molecular weight excluding hydrogens is 292 g/mol. The van der Waals surface area contributed by atoms with Crippen LogP contribution < -0.4 is 4.74 Å². The van der Waals surface area contributed by atoms with E-state index in [1.165, 1.54) is 5.69 Å². The standard InChI is InChI=1S/C18H24N2O3/c1-3-22-11-9-20-13-19-17(18(20)15-8-10-23-12-15)14-4-6-16(21-2)7-5-14/h4-7,13,15H,3,8-12H2,1-2H3. The molecule has 3 rings (SSSR count). The highest BCUT2D eigenvalue weighted by Gasteiger charge is 2.25. The predicted molar refractivity (Wildman–Crippen MR) is 88.9 cm³/mol. The minimum atomic E-state index is 0.399. The number of imidazole rings is 1. The molecule has 5 heteroatoms. The molecule has 0 amide bonds. The molecule has 1 aromatic carbocycles. The summed E-state index contributed by atoms with van der Waals surface area (Å²) in [6.07, 6.45) is 2.97. The van der Waals surface area contributed by atoms with Crippen molar-refractivity contribution in [2.45, 2.75) is 25.8 Å². The van der Waals surface area contributed by atoms with Crippen LogP contribution in [0.5, 0.6) is 5.75 Å². The maximum Gasteiger partial charge on any atom is 0.118 e. The van der Waals surface area contributed by atoms with Crippen LogP contribution in [-0.2, 0) is 16.0 Å². The van der Waals surface area contributed by atoms with Crippen molar-refractivity contribution in [2.75, 3.05) is 33.5 Å². The van der Waals surface area contributed by atoms with Gasteiger partial charge in [-0.2, -0.15) is 0 Å². The molecule has 2 aromatic rings. The van der Waals surface area contributed by atoms with Gasteiger partial charge in [0.15, 0.2) is 0 Å². The zero-order valence-electron chi connectivity index (χ0n) is 13.8. The summed E-state index contributed by atoms with van der Waals surface area (Å²) >= 11 is 0. The molecule has 0 N–H and O–H groups in total. The van der Waals surface area contributed by atoms with Crippen molar-refractivity contribution in [3.63, 3.8) is 0 Å². The second-order valence-corrected chi connectivity index (χ2v) is 5.66. The van der Waals surface area contributed by atoms with Gasteiger partial charge in [0.2, 0.25) is 0 Å². The third-order valence-electron chi connectivity index (χ3n) is 4.24. The molecule has 23 heavy (non-hydrogen) atoms. The monoisotopic (exact) mass is 316 g/mol. The lowest BCUT2D eigenvalue weighted by Gasteiger charge is -2.15. The van der Waals surface area contributed by atoms with Crippen LogP contribution in [0.4, 0.5) is 0 Å². The molecule has 0 spiro atoms. The van der Waals surface area contributed by atoms with Crippen LogP contribution >= 0.6 is 0 Å². The quantitative estimate of drug-likeness (QED) is 0.736. The molecule has 1 aliphatic heterocycles. The molecule has 124 valence electrons. The molecule has 5 nitrogen and oxygen atoms in total. The van der Waals surface area contributed by atoms with E-state index in [1.807, 2.05) is 25.4 Å². The fraction of sp³-hybridized carbons (Fsp3) is 0.500. The van der Waals surface area contributed by atoms with Gasteiger partial charge >= 0.3 is 0 Å². The van der Waals surface area contributed by atoms with E-state index in [0.29, 0.717) is 12.5 Å². The fourth-order valence-corrected chi connectivity index (χ4v) is 3.03. The van der Waals surface area contributed by atoms with Crippen molar-refractivity contribution in [1.82, 2.24) is 9.55 Å². The van der Waals surface area contributed by atoms with Crippen LogP contribution in [-0.4, -0.2) is 43.1 Å². The average molecular weight is 316 g/mol. The predicted octanol–water partition coefficient (Wildman–Crippen LogP) is 3.10. The number of benzene rings is 1. The maximum atomic E-state index is 5.60. The smallest absolute Gasteiger partial charge is 0.118 e. The molecule has 0 aliphatic carbocycles. The van der Waals surface area contributed by atoms with Crippen LogP contribution in [0.1, 0.15) is 25.0 Å². The Balaban J connectivity index is 1.91. The second-order valence-electron chi connectivity index (χ2n) is 5.66. The van der Waals surface area contributed by atoms with E-state index >= 15 is 0 Å². The van der Waals surface area contributed by atoms with E-state index in [0.717, 1.165) is 49.8 Å². The Morgan fingerprint density at radius 2 is 2.13 bits per heavy atom. The Kier molecular flexibility index (Phi) is 5.31. The number of ether oxygens (including phenoxy) is 3. The summed E-state index contributed by atoms with van der Waals surface area (Å²) in [4.78, 5) is 4.68. The molecule has 1 aromatic heterocycles. The maximum absolute atomic E-state index is 5.60. The Hall–Kier alpha value is -1.85. The highest BCUT2D eigenvalue weighted by Crippen LogP contribution is 2.33. The first-order valence-corrected chi connectivity index (χ1v) is 8.18. The minimum Gasteiger partial charge on any atom is -0.497 e. The highest BCUT2D eigenvalue weighted by molar-refractivity contribution is 5.63. The van der Waals surface area contributed by atoms with E-state index in [2.05, 4.69) is 21.7 Å². The minimum absolute atomic E-state index is 0.399. The summed E-state index contributed by atoms with van der Waals surface area (Å²) in [6, 6.07) is 8.08. The van der Waals surface area contributed by atoms with Gasteiger partial charge in [0.1, 0.15) is 5.75 Å². The van der Waals surface area contributed by atoms with Crippen molar-refractivity contribution in [1.29, 1.82) is 0 Å². The van der Waals surface area contributed by atoms with Gasteiger partial charge in [0.05, 0.1) is 38.0 Å². The van der Waals surface area contributed by atoms with E-state index in [9.17, 15) is 0 Å². The Morgan fingerprint density at radius 3 is 2.78 bits per heavy atom. The summed E-state index contributed by atoms with van der Waals surface area (Å²) in [5, 5.41) is 0. The van der Waals surface area contributed by atoms with Crippen molar-refractivity contribution in [3.05, 3.63) is 36.3 Å². The second kappa shape index (κ2) is 7.62. The van der Waals surface area contributed by atoms with Gasteiger partial charge in [0.25, 0.3) is 0 Å². The van der Waals surface area contributed by atoms with E-state index in [-0.39, 0.29) is 0 Å². The largest absolute Gasteiger partial charge is 0.497 e. The third-order valence-corrected chi connectivity index (χ3v) is 4.24. The summed E-state index contributed by atoms with van der Waals surface area (Å²) in [7, 11) is 1.68. The van der Waals surface area contributed by atoms with Crippen molar-refractivity contribution < 1.29 is 14.2 Å². The van der Waals surface area contributed by atoms with Gasteiger partial charge in [-0.1, -0.05) is 0 Å². The summed E-state index contributed by atoms with van der Waals surface area (Å²) in [5.74, 6) is 1.26. The summed E-state index contributed by atoms with van der Waals surface area (Å²) < 4.78 is 18.6. The Bertz CT molecular complexity index is 616. The molecule has 1 saturated heterocycles. The number of hydrogen-bond donors (Lipinski definition) is 0. The molecule has 0 bridgehead atoms. The van der Waals surface area contributed by atoms with Crippen molar-refractivity contribution in [2.24, 2.45) is 0 Å². The fourth-order valence-electron chi connectivity index (χ4n) is 3.03. The lowest BCUT2D eigenvalue weighted by Crippen LogP contribution is -2.12. The molecule has 1 atom stereocenters. The molecule has 1 aliphatic rings. The van der Waals surface area contributed by atoms with Gasteiger partial charge in [-0.15, -0.1) is 0 Å². The van der Waals surface area contributed by atoms with E-state index in [1.54, 1.807) is 7.11 Å². The number of hydrogen-bond acceptors (Lipinski definition) is 4. The van der Waals surface area contributed by atoms with Gasteiger partial charge < -0.3 is 18.8 Å². The van der Waals surface area contributed by atoms with Gasteiger partial charge in [-0.05, 0) is 37.6 Å². The van der Waals surface area contributed by atoms with Gasteiger partial charge in [0, 0.05) is 31.2 Å². The zero-order valence-corrected chi connectivity index (χ0v) is 13.8. The first kappa shape index (κ1) is 16.0. The molecule has 0 saturated carbocycles.